The fraction of sp³-hybridized carbons (Fsp3) is 0.160. The van der Waals surface area contributed by atoms with Crippen LogP contribution in [0, 0.1) is 0 Å². The van der Waals surface area contributed by atoms with Crippen LogP contribution in [-0.4, -0.2) is 24.8 Å². The molecular formula is C25H29NO. The second kappa shape index (κ2) is 9.54. The first-order valence-electron chi connectivity index (χ1n) is 8.97. The summed E-state index contributed by atoms with van der Waals surface area (Å²) in [5.41, 5.74) is 6.67. The minimum atomic E-state index is 0. The third-order valence-electron chi connectivity index (χ3n) is 4.26. The summed E-state index contributed by atoms with van der Waals surface area (Å²) in [4.78, 5) is 13.6. The van der Waals surface area contributed by atoms with Gasteiger partial charge in [0, 0.05) is 28.1 Å². The number of nitrogens with zero attached hydrogens (tertiary/aromatic N) is 1. The smallest absolute Gasteiger partial charge is 0.160 e. The van der Waals surface area contributed by atoms with Gasteiger partial charge in [0.15, 0.2) is 5.78 Å². The number of hydrogen-bond acceptors (Lipinski definition) is 2. The quantitative estimate of drug-likeness (QED) is 0.635. The summed E-state index contributed by atoms with van der Waals surface area (Å²) in [7, 11) is 3.97. The predicted molar refractivity (Wildman–Crippen MR) is 119 cm³/mol. The molecule has 0 amide bonds. The molecule has 0 unspecified atom stereocenters. The molecule has 0 saturated heterocycles. The first kappa shape index (κ1) is 20.2. The zero-order valence-corrected chi connectivity index (χ0v) is 16.4. The maximum Gasteiger partial charge on any atom is 0.160 e. The number of hydrogen-bond donors (Lipinski definition) is 0. The molecule has 2 aromatic rings. The second-order valence-electron chi connectivity index (χ2n) is 6.71. The van der Waals surface area contributed by atoms with E-state index in [1.54, 1.807) is 6.08 Å². The molecule has 0 bridgehead atoms. The minimum absolute atomic E-state index is 0. The average molecular weight is 360 g/mol. The fourth-order valence-electron chi connectivity index (χ4n) is 2.97. The normalized spacial score (nSPS) is 12.9. The van der Waals surface area contributed by atoms with Gasteiger partial charge in [0.1, 0.15) is 0 Å². The maximum absolute atomic E-state index is 11.6. The topological polar surface area (TPSA) is 20.3 Å². The van der Waals surface area contributed by atoms with Crippen molar-refractivity contribution in [2.24, 2.45) is 0 Å². The van der Waals surface area contributed by atoms with Gasteiger partial charge in [-0.1, -0.05) is 73.8 Å². The lowest BCUT2D eigenvalue weighted by molar-refractivity contribution is -0.114. The molecule has 0 aromatic heterocycles. The maximum atomic E-state index is 11.6. The van der Waals surface area contributed by atoms with E-state index in [1.807, 2.05) is 74.6 Å². The minimum Gasteiger partial charge on any atom is -0.383 e. The van der Waals surface area contributed by atoms with Crippen LogP contribution < -0.4 is 0 Å². The highest BCUT2D eigenvalue weighted by Gasteiger charge is 2.15. The molecule has 1 aliphatic carbocycles. The Morgan fingerprint density at radius 2 is 1.81 bits per heavy atom. The van der Waals surface area contributed by atoms with Crippen molar-refractivity contribution in [3.05, 3.63) is 102 Å². The van der Waals surface area contributed by atoms with Crippen LogP contribution >= 0.6 is 0 Å². The molecule has 3 rings (SSSR count). The Labute approximate surface area is 164 Å². The van der Waals surface area contributed by atoms with E-state index in [0.717, 1.165) is 22.3 Å². The Hall–Kier alpha value is -3.13. The first-order valence-corrected chi connectivity index (χ1v) is 8.97. The van der Waals surface area contributed by atoms with Crippen molar-refractivity contribution in [3.8, 4) is 0 Å². The lowest BCUT2D eigenvalue weighted by Crippen LogP contribution is -2.09. The van der Waals surface area contributed by atoms with E-state index in [9.17, 15) is 4.79 Å². The largest absolute Gasteiger partial charge is 0.383 e. The molecule has 27 heavy (non-hydrogen) atoms. The Morgan fingerprint density at radius 1 is 1.11 bits per heavy atom. The van der Waals surface area contributed by atoms with Crippen LogP contribution in [0.2, 0.25) is 0 Å². The van der Waals surface area contributed by atoms with Crippen molar-refractivity contribution in [1.29, 1.82) is 0 Å². The van der Waals surface area contributed by atoms with Gasteiger partial charge in [-0.3, -0.25) is 4.79 Å². The molecule has 2 nitrogen and oxygen atoms in total. The summed E-state index contributed by atoms with van der Waals surface area (Å²) in [6.07, 6.45) is 7.93. The molecule has 0 N–H and O–H groups in total. The van der Waals surface area contributed by atoms with Crippen molar-refractivity contribution in [2.75, 3.05) is 14.1 Å². The van der Waals surface area contributed by atoms with Crippen molar-refractivity contribution >= 4 is 23.0 Å². The van der Waals surface area contributed by atoms with Gasteiger partial charge < -0.3 is 4.90 Å². The second-order valence-corrected chi connectivity index (χ2v) is 6.71. The third kappa shape index (κ3) is 5.68. The summed E-state index contributed by atoms with van der Waals surface area (Å²) in [6.45, 7) is 9.48. The number of carbonyl (C=O) groups is 1. The average Bonchev–Trinajstić information content (AvgIpc) is 2.66. The predicted octanol–water partition coefficient (Wildman–Crippen LogP) is 5.88. The molecule has 0 radical (unpaired) electrons. The van der Waals surface area contributed by atoms with Gasteiger partial charge in [-0.15, -0.1) is 0 Å². The summed E-state index contributed by atoms with van der Waals surface area (Å²) < 4.78 is 0. The van der Waals surface area contributed by atoms with Gasteiger partial charge in [0.05, 0.1) is 0 Å². The number of ketones is 1. The molecule has 0 heterocycles. The standard InChI is InChI=1S/C17H19NO.C8H8.H2/c1-5-13(11-18(3)4)14-6-7-17-12(2)8-16(19)10-15(17)9-14;1-2-8-6-4-3-5-7-8;/h5-9,11H,1,10H2,2-4H3;2-7H,1H2;1H/b13-11+;;. The van der Waals surface area contributed by atoms with Crippen LogP contribution in [-0.2, 0) is 11.2 Å². The molecule has 0 spiro atoms. The molecule has 0 fully saturated rings. The monoisotopic (exact) mass is 359 g/mol. The molecular weight excluding hydrogens is 330 g/mol. The Morgan fingerprint density at radius 3 is 2.37 bits per heavy atom. The van der Waals surface area contributed by atoms with Gasteiger partial charge in [-0.2, -0.15) is 0 Å². The van der Waals surface area contributed by atoms with E-state index in [2.05, 4.69) is 31.4 Å². The third-order valence-corrected chi connectivity index (χ3v) is 4.26. The molecule has 2 aromatic carbocycles. The van der Waals surface area contributed by atoms with Crippen LogP contribution in [0.3, 0.4) is 0 Å². The van der Waals surface area contributed by atoms with Gasteiger partial charge >= 0.3 is 0 Å². The molecule has 0 aliphatic heterocycles. The van der Waals surface area contributed by atoms with Crippen LogP contribution in [0.15, 0.2) is 80.0 Å². The fourth-order valence-corrected chi connectivity index (χ4v) is 2.97. The van der Waals surface area contributed by atoms with Crippen molar-refractivity contribution in [1.82, 2.24) is 4.90 Å². The lowest BCUT2D eigenvalue weighted by atomic mass is 9.88. The zero-order chi connectivity index (χ0) is 19.8. The van der Waals surface area contributed by atoms with E-state index in [4.69, 9.17) is 0 Å². The number of fused-ring (bicyclic) bond motifs is 1. The van der Waals surface area contributed by atoms with Crippen LogP contribution in [0.1, 0.15) is 30.6 Å². The summed E-state index contributed by atoms with van der Waals surface area (Å²) >= 11 is 0. The summed E-state index contributed by atoms with van der Waals surface area (Å²) in [5.74, 6) is 0.180. The van der Waals surface area contributed by atoms with E-state index >= 15 is 0 Å². The number of benzene rings is 2. The molecule has 0 saturated carbocycles. The lowest BCUT2D eigenvalue weighted by Gasteiger charge is -2.16. The van der Waals surface area contributed by atoms with E-state index < -0.39 is 0 Å². The van der Waals surface area contributed by atoms with Crippen LogP contribution in [0.25, 0.3) is 17.2 Å². The van der Waals surface area contributed by atoms with E-state index in [1.165, 1.54) is 11.1 Å². The highest BCUT2D eigenvalue weighted by Crippen LogP contribution is 2.28. The Bertz CT molecular complexity index is 892. The van der Waals surface area contributed by atoms with Gasteiger partial charge in [0.25, 0.3) is 0 Å². The first-order chi connectivity index (χ1) is 12.9. The highest BCUT2D eigenvalue weighted by atomic mass is 16.1. The number of carbonyl (C=O) groups excluding carboxylic acids is 1. The molecule has 0 atom stereocenters. The van der Waals surface area contributed by atoms with E-state index in [0.29, 0.717) is 6.42 Å². The Kier molecular flexibility index (Phi) is 7.13. The van der Waals surface area contributed by atoms with Gasteiger partial charge in [-0.05, 0) is 46.4 Å². The summed E-state index contributed by atoms with van der Waals surface area (Å²) in [5, 5.41) is 0. The Balaban J connectivity index is 0.000000367. The number of allylic oxidation sites excluding steroid dienone is 4. The summed E-state index contributed by atoms with van der Waals surface area (Å²) in [6, 6.07) is 16.3. The molecule has 1 aliphatic rings. The van der Waals surface area contributed by atoms with E-state index in [-0.39, 0.29) is 7.21 Å². The van der Waals surface area contributed by atoms with Crippen LogP contribution in [0.4, 0.5) is 0 Å². The molecule has 2 heteroatoms. The molecule has 140 valence electrons. The van der Waals surface area contributed by atoms with Crippen molar-refractivity contribution in [2.45, 2.75) is 13.3 Å². The SMILES string of the molecule is C=C/C(=C\N(C)C)c1ccc2c(c1)CC(=O)C=C2C.C=Cc1ccccc1.[HH]. The zero-order valence-electron chi connectivity index (χ0n) is 16.4. The van der Waals surface area contributed by atoms with Crippen molar-refractivity contribution < 1.29 is 6.22 Å². The van der Waals surface area contributed by atoms with Crippen molar-refractivity contribution in [3.63, 3.8) is 0 Å². The highest BCUT2D eigenvalue weighted by molar-refractivity contribution is 6.01. The number of rotatable bonds is 4. The van der Waals surface area contributed by atoms with Crippen LogP contribution in [0.5, 0.6) is 0 Å². The van der Waals surface area contributed by atoms with Gasteiger partial charge in [-0.25, -0.2) is 0 Å². The van der Waals surface area contributed by atoms with Gasteiger partial charge in [0.2, 0.25) is 0 Å².